The van der Waals surface area contributed by atoms with Gasteiger partial charge in [0, 0.05) is 12.1 Å². The Balaban J connectivity index is 1.47. The number of hydrogen-bond acceptors (Lipinski definition) is 3. The summed E-state index contributed by atoms with van der Waals surface area (Å²) in [6.45, 7) is 0.689. The fraction of sp³-hybridized carbons (Fsp3) is 0.241. The summed E-state index contributed by atoms with van der Waals surface area (Å²) in [6, 6.07) is 17.7. The quantitative estimate of drug-likeness (QED) is 0.435. The van der Waals surface area contributed by atoms with E-state index in [1.807, 2.05) is 0 Å². The van der Waals surface area contributed by atoms with Gasteiger partial charge in [0.2, 0.25) is 0 Å². The molecular weight excluding hydrogens is 475 g/mol. The summed E-state index contributed by atoms with van der Waals surface area (Å²) in [5.41, 5.74) is 3.26. The Bertz CT molecular complexity index is 1370. The molecule has 5 rings (SSSR count). The predicted octanol–water partition coefficient (Wildman–Crippen LogP) is 5.77. The third kappa shape index (κ3) is 5.02. The van der Waals surface area contributed by atoms with Crippen LogP contribution >= 0.6 is 0 Å². The van der Waals surface area contributed by atoms with E-state index >= 15 is 0 Å². The zero-order chi connectivity index (χ0) is 25.1. The van der Waals surface area contributed by atoms with Gasteiger partial charge in [0.25, 0.3) is 11.8 Å². The molecule has 1 heterocycles. The first-order valence-corrected chi connectivity index (χ1v) is 13.3. The van der Waals surface area contributed by atoms with Gasteiger partial charge >= 0.3 is 0 Å². The third-order valence-corrected chi connectivity index (χ3v) is 8.14. The SMILES string of the molecule is O=C(NCCC1=CCCCC1)c1ccc2c(c1)N(Cc1ccc(F)cc1)C(=O)c1ccccc1[S@@]2=O. The summed E-state index contributed by atoms with van der Waals surface area (Å²) in [6.07, 6.45) is 7.70. The average molecular weight is 503 g/mol. The smallest absolute Gasteiger partial charge is 0.259 e. The number of amides is 2. The molecule has 0 bridgehead atoms. The van der Waals surface area contributed by atoms with Gasteiger partial charge < -0.3 is 10.2 Å². The van der Waals surface area contributed by atoms with Crippen LogP contribution in [0.4, 0.5) is 10.1 Å². The Morgan fingerprint density at radius 2 is 1.81 bits per heavy atom. The van der Waals surface area contributed by atoms with Gasteiger partial charge in [0.1, 0.15) is 5.82 Å². The molecule has 3 aromatic rings. The lowest BCUT2D eigenvalue weighted by molar-refractivity contribution is 0.0950. The summed E-state index contributed by atoms with van der Waals surface area (Å²) in [5, 5.41) is 2.98. The summed E-state index contributed by atoms with van der Waals surface area (Å²) >= 11 is 0. The molecule has 1 aliphatic carbocycles. The molecule has 1 N–H and O–H groups in total. The fourth-order valence-corrected chi connectivity index (χ4v) is 6.05. The van der Waals surface area contributed by atoms with Crippen LogP contribution < -0.4 is 10.2 Å². The molecule has 0 aromatic heterocycles. The van der Waals surface area contributed by atoms with Crippen molar-refractivity contribution in [3.05, 3.63) is 101 Å². The maximum atomic E-state index is 13.7. The Morgan fingerprint density at radius 3 is 2.58 bits per heavy atom. The first-order chi connectivity index (χ1) is 17.5. The summed E-state index contributed by atoms with van der Waals surface area (Å²) in [5.74, 6) is -0.921. The lowest BCUT2D eigenvalue weighted by Gasteiger charge is -2.23. The van der Waals surface area contributed by atoms with Crippen LogP contribution in [0, 0.1) is 5.82 Å². The van der Waals surface area contributed by atoms with E-state index in [2.05, 4.69) is 11.4 Å². The van der Waals surface area contributed by atoms with E-state index in [0.29, 0.717) is 33.2 Å². The normalized spacial score (nSPS) is 17.0. The lowest BCUT2D eigenvalue weighted by Crippen LogP contribution is -2.31. The van der Waals surface area contributed by atoms with Crippen molar-refractivity contribution < 1.29 is 18.2 Å². The van der Waals surface area contributed by atoms with Gasteiger partial charge in [-0.05, 0) is 80.1 Å². The minimum atomic E-state index is -1.60. The minimum Gasteiger partial charge on any atom is -0.352 e. The number of rotatable bonds is 6. The molecule has 0 saturated heterocycles. The van der Waals surface area contributed by atoms with E-state index in [0.717, 1.165) is 24.8 Å². The van der Waals surface area contributed by atoms with Crippen molar-refractivity contribution >= 4 is 28.3 Å². The van der Waals surface area contributed by atoms with E-state index in [1.54, 1.807) is 54.6 Å². The number of anilines is 1. The standard InChI is InChI=1S/C29H27FN2O3S/c30-23-13-10-21(11-14-23)19-32-25-18-22(28(33)31-17-16-20-6-2-1-3-7-20)12-15-27(25)36(35)26-9-5-4-8-24(26)29(32)34/h4-6,8-15,18H,1-3,7,16-17,19H2,(H,31,33)/t36-/m0/s1. The zero-order valence-electron chi connectivity index (χ0n) is 19.8. The Kier molecular flexibility index (Phi) is 7.09. The summed E-state index contributed by atoms with van der Waals surface area (Å²) in [4.78, 5) is 29.1. The van der Waals surface area contributed by atoms with Crippen LogP contribution in [-0.2, 0) is 17.3 Å². The molecule has 0 unspecified atom stereocenters. The molecule has 0 radical (unpaired) electrons. The number of nitrogens with zero attached hydrogens (tertiary/aromatic N) is 1. The van der Waals surface area contributed by atoms with E-state index < -0.39 is 10.8 Å². The summed E-state index contributed by atoms with van der Waals surface area (Å²) in [7, 11) is -1.60. The van der Waals surface area contributed by atoms with Gasteiger partial charge in [0.05, 0.1) is 38.4 Å². The molecule has 2 amide bonds. The van der Waals surface area contributed by atoms with Crippen molar-refractivity contribution in [2.24, 2.45) is 0 Å². The molecule has 0 saturated carbocycles. The maximum Gasteiger partial charge on any atom is 0.259 e. The molecule has 36 heavy (non-hydrogen) atoms. The number of hydrogen-bond donors (Lipinski definition) is 1. The Hall–Kier alpha value is -3.58. The van der Waals surface area contributed by atoms with Gasteiger partial charge in [0.15, 0.2) is 0 Å². The molecule has 2 aliphatic rings. The Labute approximate surface area is 212 Å². The van der Waals surface area contributed by atoms with Gasteiger partial charge in [-0.1, -0.05) is 35.9 Å². The van der Waals surface area contributed by atoms with Crippen molar-refractivity contribution in [1.29, 1.82) is 0 Å². The molecule has 5 nitrogen and oxygen atoms in total. The van der Waals surface area contributed by atoms with Gasteiger partial charge in [-0.15, -0.1) is 0 Å². The van der Waals surface area contributed by atoms with Crippen molar-refractivity contribution in [2.45, 2.75) is 48.4 Å². The van der Waals surface area contributed by atoms with Crippen molar-refractivity contribution in [2.75, 3.05) is 11.4 Å². The van der Waals surface area contributed by atoms with E-state index in [4.69, 9.17) is 0 Å². The van der Waals surface area contributed by atoms with Crippen LogP contribution in [0.15, 0.2) is 88.2 Å². The first-order valence-electron chi connectivity index (χ1n) is 12.2. The second-order valence-corrected chi connectivity index (χ2v) is 10.5. The Morgan fingerprint density at radius 1 is 1.00 bits per heavy atom. The number of carbonyl (C=O) groups is 2. The summed E-state index contributed by atoms with van der Waals surface area (Å²) < 4.78 is 27.0. The van der Waals surface area contributed by atoms with Crippen molar-refractivity contribution in [3.63, 3.8) is 0 Å². The van der Waals surface area contributed by atoms with E-state index in [-0.39, 0.29) is 24.2 Å². The second-order valence-electron chi connectivity index (χ2n) is 9.08. The topological polar surface area (TPSA) is 66.5 Å². The molecule has 1 atom stereocenters. The second kappa shape index (κ2) is 10.6. The number of benzene rings is 3. The number of fused-ring (bicyclic) bond motifs is 2. The van der Waals surface area contributed by atoms with Gasteiger partial charge in [-0.2, -0.15) is 0 Å². The highest BCUT2D eigenvalue weighted by Gasteiger charge is 2.31. The van der Waals surface area contributed by atoms with Crippen LogP contribution in [-0.4, -0.2) is 22.6 Å². The number of halogens is 1. The molecule has 3 aromatic carbocycles. The number of allylic oxidation sites excluding steroid dienone is 1. The van der Waals surface area contributed by atoms with E-state index in [1.165, 1.54) is 35.4 Å². The van der Waals surface area contributed by atoms with Crippen molar-refractivity contribution in [3.8, 4) is 0 Å². The van der Waals surface area contributed by atoms with Gasteiger partial charge in [-0.3, -0.25) is 9.59 Å². The highest BCUT2D eigenvalue weighted by molar-refractivity contribution is 7.85. The van der Waals surface area contributed by atoms with Crippen LogP contribution in [0.25, 0.3) is 0 Å². The molecular formula is C29H27FN2O3S. The van der Waals surface area contributed by atoms with E-state index in [9.17, 15) is 18.2 Å². The minimum absolute atomic E-state index is 0.150. The molecule has 0 spiro atoms. The molecule has 7 heteroatoms. The number of carbonyl (C=O) groups excluding carboxylic acids is 2. The zero-order valence-corrected chi connectivity index (χ0v) is 20.7. The maximum absolute atomic E-state index is 13.7. The van der Waals surface area contributed by atoms with Crippen LogP contribution in [0.5, 0.6) is 0 Å². The average Bonchev–Trinajstić information content (AvgIpc) is 2.99. The lowest BCUT2D eigenvalue weighted by atomic mass is 9.97. The fourth-order valence-electron chi connectivity index (χ4n) is 4.70. The molecule has 1 aliphatic heterocycles. The highest BCUT2D eigenvalue weighted by atomic mass is 32.2. The van der Waals surface area contributed by atoms with Crippen molar-refractivity contribution in [1.82, 2.24) is 5.32 Å². The molecule has 0 fully saturated rings. The van der Waals surface area contributed by atoms with Crippen LogP contribution in [0.3, 0.4) is 0 Å². The largest absolute Gasteiger partial charge is 0.352 e. The monoisotopic (exact) mass is 502 g/mol. The van der Waals surface area contributed by atoms with Crippen LogP contribution in [0.2, 0.25) is 0 Å². The van der Waals surface area contributed by atoms with Gasteiger partial charge in [-0.25, -0.2) is 8.60 Å². The van der Waals surface area contributed by atoms with Crippen LogP contribution in [0.1, 0.15) is 58.4 Å². The third-order valence-electron chi connectivity index (χ3n) is 6.64. The highest BCUT2D eigenvalue weighted by Crippen LogP contribution is 2.36. The molecule has 184 valence electrons. The number of nitrogens with one attached hydrogen (secondary N) is 1. The predicted molar refractivity (Wildman–Crippen MR) is 138 cm³/mol. The first kappa shape index (κ1) is 24.1.